The number of rotatable bonds is 7. The lowest BCUT2D eigenvalue weighted by Gasteiger charge is -2.23. The first-order chi connectivity index (χ1) is 9.21. The van der Waals surface area contributed by atoms with E-state index in [1.165, 1.54) is 0 Å². The Morgan fingerprint density at radius 3 is 2.60 bits per heavy atom. The molecule has 1 rings (SSSR count). The van der Waals surface area contributed by atoms with E-state index in [0.29, 0.717) is 12.6 Å². The minimum atomic E-state index is -4.71. The lowest BCUT2D eigenvalue weighted by atomic mass is 10.3. The van der Waals surface area contributed by atoms with E-state index in [4.69, 9.17) is 0 Å². The maximum atomic E-state index is 13.4. The Morgan fingerprint density at radius 2 is 2.10 bits per heavy atom. The summed E-state index contributed by atoms with van der Waals surface area (Å²) in [4.78, 5) is 22.0. The van der Waals surface area contributed by atoms with Gasteiger partial charge in [-0.15, -0.1) is 0 Å². The van der Waals surface area contributed by atoms with E-state index in [9.17, 15) is 24.0 Å². The van der Waals surface area contributed by atoms with Gasteiger partial charge in [-0.3, -0.25) is 14.7 Å². The van der Waals surface area contributed by atoms with Gasteiger partial charge in [-0.1, -0.05) is 0 Å². The smallest absolute Gasteiger partial charge is 0.320 e. The van der Waals surface area contributed by atoms with Crippen molar-refractivity contribution in [3.63, 3.8) is 0 Å². The molecule has 0 fully saturated rings. The molecule has 0 radical (unpaired) electrons. The van der Waals surface area contributed by atoms with Gasteiger partial charge in [0.2, 0.25) is 0 Å². The highest BCUT2D eigenvalue weighted by Gasteiger charge is 2.17. The zero-order chi connectivity index (χ0) is 15.3. The number of nitrogens with zero attached hydrogens (tertiary/aromatic N) is 1. The van der Waals surface area contributed by atoms with Crippen LogP contribution in [-0.2, 0) is 9.09 Å². The molecule has 1 atom stereocenters. The molecule has 0 aromatic heterocycles. The number of halogens is 1. The molecular formula is C10H14FN2O6P. The fourth-order valence-corrected chi connectivity index (χ4v) is 1.94. The Hall–Kier alpha value is -1.54. The van der Waals surface area contributed by atoms with Gasteiger partial charge in [-0.25, -0.2) is 4.39 Å². The predicted molar refractivity (Wildman–Crippen MR) is 64.9 cm³/mol. The van der Waals surface area contributed by atoms with Crippen molar-refractivity contribution in [2.24, 2.45) is 0 Å². The lowest BCUT2D eigenvalue weighted by Crippen LogP contribution is -3.06. The van der Waals surface area contributed by atoms with Gasteiger partial charge in [0.05, 0.1) is 25.1 Å². The predicted octanol–water partition coefficient (Wildman–Crippen LogP) is -0.258. The SMILES string of the molecule is C[NH+](C)CCOP(=O)([O-])Oc1ccc([N+](=O)[O-])cc1F. The van der Waals surface area contributed by atoms with E-state index >= 15 is 0 Å². The normalized spacial score (nSPS) is 14.1. The third-order valence-corrected chi connectivity index (χ3v) is 3.11. The molecule has 0 aliphatic rings. The highest BCUT2D eigenvalue weighted by Crippen LogP contribution is 2.40. The first-order valence-corrected chi connectivity index (χ1v) is 7.05. The Morgan fingerprint density at radius 1 is 1.45 bits per heavy atom. The van der Waals surface area contributed by atoms with Gasteiger partial charge in [-0.2, -0.15) is 0 Å². The topological polar surface area (TPSA) is 106 Å². The van der Waals surface area contributed by atoms with Crippen molar-refractivity contribution in [1.29, 1.82) is 0 Å². The van der Waals surface area contributed by atoms with Gasteiger partial charge in [0.15, 0.2) is 11.6 Å². The molecular weight excluding hydrogens is 294 g/mol. The van der Waals surface area contributed by atoms with Crippen LogP contribution in [0.3, 0.4) is 0 Å². The summed E-state index contributed by atoms with van der Waals surface area (Å²) >= 11 is 0. The van der Waals surface area contributed by atoms with Crippen LogP contribution in [-0.4, -0.2) is 32.2 Å². The van der Waals surface area contributed by atoms with Crippen molar-refractivity contribution in [3.8, 4) is 5.75 Å². The van der Waals surface area contributed by atoms with E-state index in [1.807, 2.05) is 0 Å². The Bertz CT molecular complexity index is 538. The van der Waals surface area contributed by atoms with E-state index in [2.05, 4.69) is 9.05 Å². The summed E-state index contributed by atoms with van der Waals surface area (Å²) in [6.45, 7) is 0.302. The number of hydrogen-bond acceptors (Lipinski definition) is 6. The van der Waals surface area contributed by atoms with Crippen molar-refractivity contribution in [2.45, 2.75) is 0 Å². The molecule has 0 heterocycles. The number of benzene rings is 1. The molecule has 0 aliphatic carbocycles. The van der Waals surface area contributed by atoms with Gasteiger partial charge >= 0.3 is 7.82 Å². The number of nitro benzene ring substituents is 1. The third-order valence-electron chi connectivity index (χ3n) is 2.19. The van der Waals surface area contributed by atoms with Gasteiger partial charge in [0.25, 0.3) is 5.69 Å². The van der Waals surface area contributed by atoms with Crippen LogP contribution < -0.4 is 14.3 Å². The molecule has 1 unspecified atom stereocenters. The molecule has 0 saturated carbocycles. The molecule has 0 saturated heterocycles. The standard InChI is InChI=1S/C10H14FN2O6P/c1-12(2)5-6-18-20(16,17)19-10-4-3-8(13(14)15)7-9(10)11/h3-4,7H,5-6H2,1-2H3,(H,16,17). The lowest BCUT2D eigenvalue weighted by molar-refractivity contribution is -0.858. The molecule has 10 heteroatoms. The first kappa shape index (κ1) is 16.5. The maximum Gasteiger partial charge on any atom is 0.320 e. The van der Waals surface area contributed by atoms with Gasteiger partial charge in [0, 0.05) is 6.07 Å². The zero-order valence-corrected chi connectivity index (χ0v) is 11.8. The number of nitrogens with one attached hydrogen (secondary N) is 1. The van der Waals surface area contributed by atoms with Crippen LogP contribution in [0.25, 0.3) is 0 Å². The first-order valence-electron chi connectivity index (χ1n) is 5.59. The number of hydrogen-bond donors (Lipinski definition) is 1. The average Bonchev–Trinajstić information content (AvgIpc) is 2.30. The second-order valence-electron chi connectivity index (χ2n) is 4.20. The second-order valence-corrected chi connectivity index (χ2v) is 5.54. The Balaban J connectivity index is 2.72. The van der Waals surface area contributed by atoms with Crippen molar-refractivity contribution >= 4 is 13.5 Å². The highest BCUT2D eigenvalue weighted by atomic mass is 31.2. The van der Waals surface area contributed by atoms with E-state index in [1.54, 1.807) is 14.1 Å². The number of phosphoric ester groups is 1. The molecule has 0 bridgehead atoms. The molecule has 1 aromatic rings. The average molecular weight is 308 g/mol. The maximum absolute atomic E-state index is 13.4. The van der Waals surface area contributed by atoms with Crippen LogP contribution in [0.15, 0.2) is 18.2 Å². The molecule has 0 amide bonds. The monoisotopic (exact) mass is 308 g/mol. The van der Waals surface area contributed by atoms with Crippen LogP contribution in [0.1, 0.15) is 0 Å². The van der Waals surface area contributed by atoms with Crippen LogP contribution in [0.2, 0.25) is 0 Å². The summed E-state index contributed by atoms with van der Waals surface area (Å²) in [6, 6.07) is 2.36. The number of quaternary nitrogens is 1. The van der Waals surface area contributed by atoms with Gasteiger partial charge in [0.1, 0.15) is 13.2 Å². The summed E-state index contributed by atoms with van der Waals surface area (Å²) in [5.41, 5.74) is -0.507. The Labute approximate surface area is 114 Å². The molecule has 1 aromatic carbocycles. The zero-order valence-electron chi connectivity index (χ0n) is 10.9. The molecule has 0 spiro atoms. The van der Waals surface area contributed by atoms with Gasteiger partial charge in [-0.05, 0) is 6.07 Å². The molecule has 0 aliphatic heterocycles. The Kier molecular flexibility index (Phi) is 5.58. The van der Waals surface area contributed by atoms with Crippen molar-refractivity contribution in [2.75, 3.05) is 27.2 Å². The fourth-order valence-electron chi connectivity index (χ4n) is 1.19. The molecule has 1 N–H and O–H groups in total. The number of likely N-dealkylation sites (N-methyl/N-ethyl adjacent to an activating group) is 1. The number of phosphoric acid groups is 1. The summed E-state index contributed by atoms with van der Waals surface area (Å²) in [7, 11) is -1.11. The van der Waals surface area contributed by atoms with Crippen LogP contribution in [0.5, 0.6) is 5.75 Å². The van der Waals surface area contributed by atoms with E-state index < -0.39 is 30.0 Å². The summed E-state index contributed by atoms with van der Waals surface area (Å²) in [5, 5.41) is 10.4. The largest absolute Gasteiger partial charge is 0.746 e. The minimum Gasteiger partial charge on any atom is -0.746 e. The summed E-state index contributed by atoms with van der Waals surface area (Å²) in [5.74, 6) is -1.80. The van der Waals surface area contributed by atoms with Crippen molar-refractivity contribution in [3.05, 3.63) is 34.1 Å². The second kappa shape index (κ2) is 6.76. The molecule has 20 heavy (non-hydrogen) atoms. The molecule has 112 valence electrons. The summed E-state index contributed by atoms with van der Waals surface area (Å²) in [6.07, 6.45) is 0. The third kappa shape index (κ3) is 5.22. The van der Waals surface area contributed by atoms with Gasteiger partial charge < -0.3 is 18.8 Å². The van der Waals surface area contributed by atoms with Crippen LogP contribution in [0.4, 0.5) is 10.1 Å². The minimum absolute atomic E-state index is 0.113. The van der Waals surface area contributed by atoms with Crippen LogP contribution >= 0.6 is 7.82 Å². The van der Waals surface area contributed by atoms with Crippen molar-refractivity contribution in [1.82, 2.24) is 0 Å². The van der Waals surface area contributed by atoms with Crippen molar-refractivity contribution < 1.29 is 32.7 Å². The van der Waals surface area contributed by atoms with E-state index in [-0.39, 0.29) is 6.61 Å². The molecule has 8 nitrogen and oxygen atoms in total. The fraction of sp³-hybridized carbons (Fsp3) is 0.400. The highest BCUT2D eigenvalue weighted by molar-refractivity contribution is 7.46. The summed E-state index contributed by atoms with van der Waals surface area (Å²) < 4.78 is 33.8. The van der Waals surface area contributed by atoms with Crippen LogP contribution in [0, 0.1) is 15.9 Å². The van der Waals surface area contributed by atoms with E-state index in [0.717, 1.165) is 17.0 Å². The number of nitro groups is 1. The number of non-ortho nitro benzene ring substituents is 1. The quantitative estimate of drug-likeness (QED) is 0.423.